The minimum Gasteiger partial charge on any atom is -0.460 e. The topological polar surface area (TPSA) is 69.7 Å². The van der Waals surface area contributed by atoms with Gasteiger partial charge in [-0.05, 0) is 46.0 Å². The highest BCUT2D eigenvalue weighted by atomic mass is 32.2. The molecule has 0 saturated heterocycles. The van der Waals surface area contributed by atoms with Crippen molar-refractivity contribution in [1.82, 2.24) is 0 Å². The van der Waals surface area contributed by atoms with Crippen LogP contribution in [0.25, 0.3) is 0 Å². The molecular formula is C12H22O5S. The van der Waals surface area contributed by atoms with E-state index in [0.717, 1.165) is 19.1 Å². The predicted molar refractivity (Wildman–Crippen MR) is 67.5 cm³/mol. The van der Waals surface area contributed by atoms with Crippen LogP contribution in [0.15, 0.2) is 0 Å². The van der Waals surface area contributed by atoms with Crippen LogP contribution in [0.3, 0.4) is 0 Å². The fourth-order valence-corrected chi connectivity index (χ4v) is 2.48. The lowest BCUT2D eigenvalue weighted by Gasteiger charge is -2.22. The molecule has 1 aliphatic rings. The third kappa shape index (κ3) is 5.82. The molecule has 1 fully saturated rings. The van der Waals surface area contributed by atoms with Crippen molar-refractivity contribution in [3.63, 3.8) is 0 Å². The molecule has 5 nitrogen and oxygen atoms in total. The minimum atomic E-state index is -3.39. The molecule has 0 unspecified atom stereocenters. The van der Waals surface area contributed by atoms with E-state index < -0.39 is 15.7 Å². The zero-order valence-electron chi connectivity index (χ0n) is 11.4. The van der Waals surface area contributed by atoms with E-state index in [1.807, 2.05) is 20.8 Å². The van der Waals surface area contributed by atoms with Gasteiger partial charge in [0.2, 0.25) is 0 Å². The Balaban J connectivity index is 2.39. The molecule has 0 heterocycles. The maximum absolute atomic E-state index is 11.8. The second kappa shape index (κ2) is 5.57. The Hall–Kier alpha value is -0.620. The molecule has 1 rings (SSSR count). The summed E-state index contributed by atoms with van der Waals surface area (Å²) in [5.41, 5.74) is -0.474. The Labute approximate surface area is 109 Å². The highest BCUT2D eigenvalue weighted by molar-refractivity contribution is 7.85. The van der Waals surface area contributed by atoms with Crippen LogP contribution in [0.4, 0.5) is 0 Å². The van der Waals surface area contributed by atoms with E-state index >= 15 is 0 Å². The maximum atomic E-state index is 11.8. The lowest BCUT2D eigenvalue weighted by atomic mass is 10.1. The van der Waals surface area contributed by atoms with Crippen LogP contribution >= 0.6 is 0 Å². The first-order chi connectivity index (χ1) is 8.07. The zero-order valence-corrected chi connectivity index (χ0v) is 12.2. The molecule has 0 aromatic carbocycles. The van der Waals surface area contributed by atoms with Crippen molar-refractivity contribution in [2.45, 2.75) is 45.6 Å². The Bertz CT molecular complexity index is 393. The second-order valence-electron chi connectivity index (χ2n) is 5.90. The number of hydrogen-bond donors (Lipinski definition) is 0. The zero-order chi connectivity index (χ0) is 14.0. The third-order valence-corrected chi connectivity index (χ3v) is 3.36. The fourth-order valence-electron chi connectivity index (χ4n) is 2.05. The smallest absolute Gasteiger partial charge is 0.309 e. The van der Waals surface area contributed by atoms with E-state index in [1.165, 1.54) is 0 Å². The molecule has 106 valence electrons. The van der Waals surface area contributed by atoms with E-state index in [4.69, 9.17) is 8.92 Å². The van der Waals surface area contributed by atoms with Crippen molar-refractivity contribution in [2.75, 3.05) is 12.9 Å². The van der Waals surface area contributed by atoms with E-state index in [0.29, 0.717) is 6.42 Å². The van der Waals surface area contributed by atoms with Crippen molar-refractivity contribution in [1.29, 1.82) is 0 Å². The van der Waals surface area contributed by atoms with Crippen LogP contribution in [0.2, 0.25) is 0 Å². The number of carbonyl (C=O) groups is 1. The Morgan fingerprint density at radius 1 is 1.28 bits per heavy atom. The predicted octanol–water partition coefficient (Wildman–Crippen LogP) is 1.72. The molecule has 6 heteroatoms. The van der Waals surface area contributed by atoms with Crippen molar-refractivity contribution in [3.05, 3.63) is 0 Å². The van der Waals surface area contributed by atoms with Crippen molar-refractivity contribution < 1.29 is 22.1 Å². The summed E-state index contributed by atoms with van der Waals surface area (Å²) in [7, 11) is -3.39. The van der Waals surface area contributed by atoms with Crippen molar-refractivity contribution in [2.24, 2.45) is 11.8 Å². The first kappa shape index (κ1) is 15.4. The molecule has 0 radical (unpaired) electrons. The van der Waals surface area contributed by atoms with Gasteiger partial charge in [-0.2, -0.15) is 8.42 Å². The molecular weight excluding hydrogens is 256 g/mol. The van der Waals surface area contributed by atoms with Gasteiger partial charge in [0.15, 0.2) is 0 Å². The van der Waals surface area contributed by atoms with Crippen molar-refractivity contribution >= 4 is 16.1 Å². The van der Waals surface area contributed by atoms with Crippen LogP contribution < -0.4 is 0 Å². The summed E-state index contributed by atoms with van der Waals surface area (Å²) < 4.78 is 31.8. The van der Waals surface area contributed by atoms with Gasteiger partial charge in [0.1, 0.15) is 5.60 Å². The van der Waals surface area contributed by atoms with E-state index in [9.17, 15) is 13.2 Å². The van der Waals surface area contributed by atoms with Crippen LogP contribution in [0.5, 0.6) is 0 Å². The normalized spacial score (nSPS) is 25.1. The van der Waals surface area contributed by atoms with Crippen LogP contribution in [-0.4, -0.2) is 32.9 Å². The summed E-state index contributed by atoms with van der Waals surface area (Å²) in [6, 6.07) is 0. The lowest BCUT2D eigenvalue weighted by molar-refractivity contribution is -0.159. The highest BCUT2D eigenvalue weighted by Crippen LogP contribution is 2.33. The summed E-state index contributed by atoms with van der Waals surface area (Å²) in [4.78, 5) is 11.8. The van der Waals surface area contributed by atoms with Gasteiger partial charge in [-0.3, -0.25) is 8.98 Å². The van der Waals surface area contributed by atoms with Gasteiger partial charge in [0.05, 0.1) is 18.8 Å². The van der Waals surface area contributed by atoms with Crippen molar-refractivity contribution in [3.8, 4) is 0 Å². The van der Waals surface area contributed by atoms with Gasteiger partial charge in [-0.25, -0.2) is 0 Å². The molecule has 0 aliphatic heterocycles. The first-order valence-corrected chi connectivity index (χ1v) is 7.96. The third-order valence-electron chi connectivity index (χ3n) is 2.80. The van der Waals surface area contributed by atoms with Gasteiger partial charge in [-0.15, -0.1) is 0 Å². The Morgan fingerprint density at radius 3 is 2.39 bits per heavy atom. The molecule has 0 aromatic rings. The molecule has 1 aliphatic carbocycles. The van der Waals surface area contributed by atoms with Crippen LogP contribution in [0.1, 0.15) is 40.0 Å². The average Bonchev–Trinajstić information content (AvgIpc) is 2.58. The molecule has 2 atom stereocenters. The van der Waals surface area contributed by atoms with Crippen LogP contribution in [0, 0.1) is 11.8 Å². The quantitative estimate of drug-likeness (QED) is 0.578. The molecule has 0 bridgehead atoms. The molecule has 0 N–H and O–H groups in total. The minimum absolute atomic E-state index is 0.122. The average molecular weight is 278 g/mol. The largest absolute Gasteiger partial charge is 0.460 e. The molecule has 0 aromatic heterocycles. The molecule has 0 amide bonds. The summed E-state index contributed by atoms with van der Waals surface area (Å²) in [6.07, 6.45) is 3.23. The Morgan fingerprint density at radius 2 is 1.89 bits per heavy atom. The molecule has 18 heavy (non-hydrogen) atoms. The lowest BCUT2D eigenvalue weighted by Crippen LogP contribution is -2.28. The second-order valence-corrected chi connectivity index (χ2v) is 7.54. The van der Waals surface area contributed by atoms with Gasteiger partial charge in [0.25, 0.3) is 10.1 Å². The number of carbonyl (C=O) groups excluding carboxylic acids is 1. The number of esters is 1. The number of rotatable bonds is 4. The van der Waals surface area contributed by atoms with Gasteiger partial charge in [-0.1, -0.05) is 0 Å². The summed E-state index contributed by atoms with van der Waals surface area (Å²) in [5, 5.41) is 0. The van der Waals surface area contributed by atoms with Gasteiger partial charge in [0, 0.05) is 0 Å². The fraction of sp³-hybridized carbons (Fsp3) is 0.917. The van der Waals surface area contributed by atoms with E-state index in [2.05, 4.69) is 0 Å². The SMILES string of the molecule is CC(C)(C)OC(=O)[C@@H]1CC[C@H](COS(C)(=O)=O)C1. The summed E-state index contributed by atoms with van der Waals surface area (Å²) in [5.74, 6) is -0.195. The summed E-state index contributed by atoms with van der Waals surface area (Å²) >= 11 is 0. The van der Waals surface area contributed by atoms with Crippen LogP contribution in [-0.2, 0) is 23.8 Å². The maximum Gasteiger partial charge on any atom is 0.309 e. The monoisotopic (exact) mass is 278 g/mol. The molecule has 1 saturated carbocycles. The van der Waals surface area contributed by atoms with E-state index in [-0.39, 0.29) is 24.4 Å². The summed E-state index contributed by atoms with van der Waals surface area (Å²) in [6.45, 7) is 5.68. The molecule has 0 spiro atoms. The Kier molecular flexibility index (Phi) is 4.78. The highest BCUT2D eigenvalue weighted by Gasteiger charge is 2.33. The standard InChI is InChI=1S/C12H22O5S/c1-12(2,3)17-11(13)10-6-5-9(7-10)8-16-18(4,14)15/h9-10H,5-8H2,1-4H3/t9-,10+/m0/s1. The first-order valence-electron chi connectivity index (χ1n) is 6.14. The van der Waals surface area contributed by atoms with Gasteiger partial charge >= 0.3 is 5.97 Å². The van der Waals surface area contributed by atoms with E-state index in [1.54, 1.807) is 0 Å². The van der Waals surface area contributed by atoms with Gasteiger partial charge < -0.3 is 4.74 Å². The number of ether oxygens (including phenoxy) is 1. The number of hydrogen-bond acceptors (Lipinski definition) is 5.